The second-order valence-electron chi connectivity index (χ2n) is 16.9. The molecular weight excluding hydrogens is 816 g/mol. The topological polar surface area (TPSA) is 170 Å². The smallest absolute Gasteiger partial charge is 0.272 e. The number of unbranched alkanes of at least 4 members (excludes halogenated alkanes) is 1. The van der Waals surface area contributed by atoms with Crippen LogP contribution in [-0.2, 0) is 14.6 Å². The van der Waals surface area contributed by atoms with E-state index in [0.29, 0.717) is 39.3 Å². The Morgan fingerprint density at radius 3 is 2.49 bits per heavy atom. The molecule has 61 heavy (non-hydrogen) atoms. The van der Waals surface area contributed by atoms with Crippen molar-refractivity contribution in [3.8, 4) is 17.6 Å². The van der Waals surface area contributed by atoms with Crippen molar-refractivity contribution in [1.29, 1.82) is 5.26 Å². The second-order valence-corrected chi connectivity index (χ2v) is 19.3. The first kappa shape index (κ1) is 42.5. The van der Waals surface area contributed by atoms with Gasteiger partial charge < -0.3 is 29.9 Å². The van der Waals surface area contributed by atoms with Crippen LogP contribution in [0.1, 0.15) is 79.4 Å². The first-order chi connectivity index (χ1) is 29.4. The Morgan fingerprint density at radius 1 is 1.02 bits per heavy atom. The van der Waals surface area contributed by atoms with Crippen LogP contribution in [0.25, 0.3) is 5.57 Å². The molecule has 2 aromatic carbocycles. The van der Waals surface area contributed by atoms with E-state index in [1.807, 2.05) is 18.3 Å². The summed E-state index contributed by atoms with van der Waals surface area (Å²) in [5.41, 5.74) is 2.29. The van der Waals surface area contributed by atoms with Crippen molar-refractivity contribution in [2.75, 3.05) is 50.9 Å². The van der Waals surface area contributed by atoms with E-state index in [9.17, 15) is 18.0 Å². The van der Waals surface area contributed by atoms with Gasteiger partial charge in [-0.05, 0) is 124 Å². The number of nitrogens with one attached hydrogen (secondary N) is 2. The Hall–Kier alpha value is -5.17. The lowest BCUT2D eigenvalue weighted by atomic mass is 9.85. The van der Waals surface area contributed by atoms with Crippen LogP contribution in [0, 0.1) is 23.2 Å². The van der Waals surface area contributed by atoms with Gasteiger partial charge in [-0.25, -0.2) is 8.42 Å². The number of nitrogens with zero attached hydrogens (tertiary/aromatic N) is 6. The third-order valence-electron chi connectivity index (χ3n) is 12.5. The number of carbonyl (C=O) groups is 2. The van der Waals surface area contributed by atoms with Gasteiger partial charge in [0.15, 0.2) is 21.3 Å². The number of hydrogen-bond acceptors (Lipinski definition) is 12. The molecule has 4 heterocycles. The number of likely N-dealkylation sites (N-methyl/N-ethyl adjacent to an activating group) is 1. The average Bonchev–Trinajstić information content (AvgIpc) is 3.99. The molecule has 5 aliphatic rings. The van der Waals surface area contributed by atoms with Gasteiger partial charge in [-0.1, -0.05) is 17.7 Å². The van der Waals surface area contributed by atoms with Gasteiger partial charge in [-0.2, -0.15) is 5.26 Å². The molecule has 0 radical (unpaired) electrons. The van der Waals surface area contributed by atoms with Crippen molar-refractivity contribution in [2.45, 2.75) is 87.0 Å². The van der Waals surface area contributed by atoms with E-state index in [0.717, 1.165) is 102 Å². The number of halogens is 1. The van der Waals surface area contributed by atoms with Crippen LogP contribution in [0.3, 0.4) is 0 Å². The minimum Gasteiger partial charge on any atom is -0.490 e. The second kappa shape index (κ2) is 18.4. The van der Waals surface area contributed by atoms with Gasteiger partial charge in [-0.3, -0.25) is 14.5 Å². The van der Waals surface area contributed by atoms with Gasteiger partial charge >= 0.3 is 0 Å². The monoisotopic (exact) mass is 868 g/mol. The van der Waals surface area contributed by atoms with Gasteiger partial charge in [0.25, 0.3) is 5.91 Å². The Morgan fingerprint density at radius 2 is 1.80 bits per heavy atom. The molecule has 3 unspecified atom stereocenters. The number of aromatic nitrogens is 2. The summed E-state index contributed by atoms with van der Waals surface area (Å²) in [6, 6.07) is 15.5. The molecule has 16 heteroatoms. The van der Waals surface area contributed by atoms with Crippen LogP contribution in [0.15, 0.2) is 71.9 Å². The zero-order valence-corrected chi connectivity index (χ0v) is 36.2. The largest absolute Gasteiger partial charge is 0.490 e. The fourth-order valence-electron chi connectivity index (χ4n) is 8.84. The van der Waals surface area contributed by atoms with Crippen molar-refractivity contribution in [2.24, 2.45) is 11.8 Å². The number of carbonyl (C=O) groups excluding carboxylic acids is 2. The average molecular weight is 869 g/mol. The van der Waals surface area contributed by atoms with Crippen molar-refractivity contribution >= 4 is 44.6 Å². The molecule has 1 aromatic heterocycles. The number of sulfone groups is 1. The number of amides is 2. The van der Waals surface area contributed by atoms with E-state index >= 15 is 0 Å². The summed E-state index contributed by atoms with van der Waals surface area (Å²) in [6.07, 6.45) is 15.2. The van der Waals surface area contributed by atoms with Crippen LogP contribution < -0.4 is 25.0 Å². The fourth-order valence-corrected chi connectivity index (χ4v) is 9.70. The van der Waals surface area contributed by atoms with Crippen molar-refractivity contribution in [3.63, 3.8) is 0 Å². The molecule has 3 fully saturated rings. The van der Waals surface area contributed by atoms with E-state index in [-0.39, 0.29) is 40.9 Å². The number of rotatable bonds is 15. The maximum atomic E-state index is 13.0. The first-order valence-corrected chi connectivity index (χ1v) is 23.6. The Kier molecular flexibility index (Phi) is 12.9. The summed E-state index contributed by atoms with van der Waals surface area (Å²) >= 11 is 6.16. The van der Waals surface area contributed by atoms with E-state index in [4.69, 9.17) is 26.3 Å². The summed E-state index contributed by atoms with van der Waals surface area (Å²) in [4.78, 5) is 32.4. The molecule has 2 aliphatic carbocycles. The molecule has 3 aromatic rings. The Balaban J connectivity index is 0.780. The number of nitriles is 1. The van der Waals surface area contributed by atoms with E-state index in [2.05, 4.69) is 36.7 Å². The molecule has 3 atom stereocenters. The molecule has 1 saturated heterocycles. The number of hydrogen-bond donors (Lipinski definition) is 2. The van der Waals surface area contributed by atoms with E-state index < -0.39 is 15.9 Å². The summed E-state index contributed by atoms with van der Waals surface area (Å²) in [7, 11) is -1.74. The summed E-state index contributed by atoms with van der Waals surface area (Å²) in [5.74, 6) is 2.06. The van der Waals surface area contributed by atoms with Crippen molar-refractivity contribution in [3.05, 3.63) is 88.9 Å². The van der Waals surface area contributed by atoms with Gasteiger partial charge in [0.05, 0.1) is 21.6 Å². The molecule has 322 valence electrons. The SMILES string of the molecule is CN1C=C(c2cc(S(C)(=O)=O)ccc2OC(CCCCN2CCN(c3ccc(C(=O)N[C@H]4CC[C@H](Oc5ccc(C#N)c(Cl)c5)CC4)nn3)CC2)C2CC2)C2C=CNC2C1=O. The van der Waals surface area contributed by atoms with Crippen LogP contribution >= 0.6 is 11.6 Å². The van der Waals surface area contributed by atoms with Gasteiger partial charge in [-0.15, -0.1) is 10.2 Å². The highest BCUT2D eigenvalue weighted by Gasteiger charge is 2.40. The highest BCUT2D eigenvalue weighted by Crippen LogP contribution is 2.43. The predicted octanol–water partition coefficient (Wildman–Crippen LogP) is 5.59. The number of anilines is 1. The quantitative estimate of drug-likeness (QED) is 0.182. The van der Waals surface area contributed by atoms with Crippen LogP contribution in [0.4, 0.5) is 5.82 Å². The molecule has 3 aliphatic heterocycles. The zero-order chi connectivity index (χ0) is 42.7. The number of ether oxygens (including phenoxy) is 2. The van der Waals surface area contributed by atoms with Gasteiger partial charge in [0, 0.05) is 69.3 Å². The molecule has 0 bridgehead atoms. The predicted molar refractivity (Wildman–Crippen MR) is 232 cm³/mol. The summed E-state index contributed by atoms with van der Waals surface area (Å²) < 4.78 is 38.1. The summed E-state index contributed by atoms with van der Waals surface area (Å²) in [6.45, 7) is 4.44. The normalized spacial score (nSPS) is 23.4. The lowest BCUT2D eigenvalue weighted by Crippen LogP contribution is -2.47. The molecule has 0 spiro atoms. The van der Waals surface area contributed by atoms with Gasteiger partial charge in [0.1, 0.15) is 29.7 Å². The minimum atomic E-state index is -3.46. The number of fused-ring (bicyclic) bond motifs is 1. The fraction of sp³-hybridized carbons (Fsp3) is 0.489. The number of benzene rings is 2. The Labute approximate surface area is 362 Å². The highest BCUT2D eigenvalue weighted by atomic mass is 35.5. The maximum Gasteiger partial charge on any atom is 0.272 e. The molecule has 2 saturated carbocycles. The molecule has 2 amide bonds. The molecule has 2 N–H and O–H groups in total. The van der Waals surface area contributed by atoms with Gasteiger partial charge in [0.2, 0.25) is 5.91 Å². The molecule has 14 nitrogen and oxygen atoms in total. The third-order valence-corrected chi connectivity index (χ3v) is 13.9. The van der Waals surface area contributed by atoms with Crippen LogP contribution in [0.5, 0.6) is 11.5 Å². The Bertz CT molecular complexity index is 2320. The van der Waals surface area contributed by atoms with E-state index in [1.54, 1.807) is 60.6 Å². The third kappa shape index (κ3) is 10.1. The summed E-state index contributed by atoms with van der Waals surface area (Å²) in [5, 5.41) is 24.5. The maximum absolute atomic E-state index is 13.0. The minimum absolute atomic E-state index is 0.0201. The van der Waals surface area contributed by atoms with Crippen LogP contribution in [-0.4, -0.2) is 111 Å². The number of piperazine rings is 1. The van der Waals surface area contributed by atoms with Crippen molar-refractivity contribution in [1.82, 2.24) is 30.6 Å². The first-order valence-electron chi connectivity index (χ1n) is 21.3. The highest BCUT2D eigenvalue weighted by molar-refractivity contribution is 7.90. The standard InChI is InChI=1S/C45H53ClN8O6S/c1-52-28-37(35-18-19-48-43(35)45(52)56)36-26-34(61(2,57)58)14-16-41(36)60-40(29-6-7-29)5-3-4-20-53-21-23-54(24-22-53)42-17-15-39(50-51-42)44(55)49-31-9-12-32(13-10-31)59-33-11-8-30(27-47)38(46)25-33/h8,11,14-19,25-26,28-29,31-32,35,40,43,48H,3-7,9-10,12-13,20-24H2,1-2H3,(H,49,55)/t31-,32-,35?,40?,43?. The zero-order valence-electron chi connectivity index (χ0n) is 34.6. The lowest BCUT2D eigenvalue weighted by molar-refractivity contribution is -0.130. The van der Waals surface area contributed by atoms with Crippen molar-refractivity contribution < 1.29 is 27.5 Å². The van der Waals surface area contributed by atoms with E-state index in [1.165, 1.54) is 6.26 Å². The molecular formula is C45H53ClN8O6S. The lowest BCUT2D eigenvalue weighted by Gasteiger charge is -2.35. The molecule has 8 rings (SSSR count). The van der Waals surface area contributed by atoms with Crippen LogP contribution in [0.2, 0.25) is 5.02 Å².